The zero-order valence-electron chi connectivity index (χ0n) is 31.0. The highest BCUT2D eigenvalue weighted by atomic mass is 19.2. The van der Waals surface area contributed by atoms with Crippen LogP contribution in [0.5, 0.6) is 23.0 Å². The van der Waals surface area contributed by atoms with Crippen LogP contribution in [0.4, 0.5) is 17.6 Å². The molecule has 296 valence electrons. The lowest BCUT2D eigenvalue weighted by Gasteiger charge is -2.24. The molecule has 2 aliphatic rings. The molecule has 1 N–H and O–H groups in total. The van der Waals surface area contributed by atoms with E-state index in [0.717, 1.165) is 34.5 Å². The third kappa shape index (κ3) is 6.04. The van der Waals surface area contributed by atoms with E-state index < -0.39 is 63.1 Å². The van der Waals surface area contributed by atoms with Crippen LogP contribution in [0.3, 0.4) is 0 Å². The summed E-state index contributed by atoms with van der Waals surface area (Å²) in [6.45, 7) is 1.68. The summed E-state index contributed by atoms with van der Waals surface area (Å²) in [5, 5.41) is 8.98. The molecule has 0 aliphatic carbocycles. The largest absolute Gasteiger partial charge is 0.477 e. The SMILES string of the molecule is CCOC(=O)c1cn2c3c(c(F)c(F)cc3c1=O)Oc1ccc(-c3ccccc3)cc1-2.O=C(O)c1cn2c3c(c(F)c(F)cc3c1=O)Oc1ccc(-c3ccccc3)cc1-2. The Hall–Kier alpha value is -8.00. The number of aromatic nitrogens is 2. The first-order valence-corrected chi connectivity index (χ1v) is 18.3. The quantitative estimate of drug-likeness (QED) is 0.135. The second-order valence-electron chi connectivity index (χ2n) is 13.6. The minimum Gasteiger partial charge on any atom is -0.477 e. The van der Waals surface area contributed by atoms with Gasteiger partial charge in [0.25, 0.3) is 0 Å². The molecule has 2 aromatic heterocycles. The van der Waals surface area contributed by atoms with Gasteiger partial charge in [-0.05, 0) is 65.6 Å². The molecule has 0 unspecified atom stereocenters. The van der Waals surface area contributed by atoms with E-state index in [4.69, 9.17) is 14.2 Å². The number of rotatable bonds is 5. The smallest absolute Gasteiger partial charge is 0.343 e. The molecule has 8 aromatic rings. The van der Waals surface area contributed by atoms with Crippen LogP contribution in [0.1, 0.15) is 27.6 Å². The molecule has 0 spiro atoms. The fourth-order valence-electron chi connectivity index (χ4n) is 7.30. The van der Waals surface area contributed by atoms with Gasteiger partial charge in [0, 0.05) is 12.4 Å². The van der Waals surface area contributed by atoms with Crippen molar-refractivity contribution in [1.82, 2.24) is 9.13 Å². The van der Waals surface area contributed by atoms with Crippen LogP contribution >= 0.6 is 0 Å². The summed E-state index contributed by atoms with van der Waals surface area (Å²) in [6.07, 6.45) is 2.41. The Morgan fingerprint density at radius 2 is 1.03 bits per heavy atom. The predicted molar refractivity (Wildman–Crippen MR) is 213 cm³/mol. The molecule has 0 fully saturated rings. The molecule has 0 saturated heterocycles. The number of esters is 1. The van der Waals surface area contributed by atoms with Gasteiger partial charge in [-0.25, -0.2) is 18.4 Å². The summed E-state index contributed by atoms with van der Waals surface area (Å²) in [5.41, 5.74) is 1.94. The minimum atomic E-state index is -1.46. The maximum atomic E-state index is 14.6. The first-order valence-electron chi connectivity index (χ1n) is 18.3. The molecule has 4 heterocycles. The standard InChI is InChI=1S/C24H15F2NO4.C22H11F2NO4/c1-2-30-24(29)16-12-27-18-10-14(13-6-4-3-5-7-13)8-9-19(18)31-23-20(26)17(25)11-15(21(23)27)22(16)28;23-15-9-13-19-21(18(15)24)29-17-7-6-12(11-4-2-1-3-5-11)8-16(17)25(19)10-14(20(13)26)22(27)28/h3-12H,2H2,1H3;1-10H,(H,27,28). The normalized spacial score (nSPS) is 11.8. The fraction of sp³-hybridized carbons (Fsp3) is 0.0435. The average Bonchev–Trinajstić information content (AvgIpc) is 3.26. The third-order valence-corrected chi connectivity index (χ3v) is 10.1. The van der Waals surface area contributed by atoms with Crippen LogP contribution in [-0.2, 0) is 4.74 Å². The first-order chi connectivity index (χ1) is 28.9. The molecule has 0 bridgehead atoms. The molecule has 2 aliphatic heterocycles. The van der Waals surface area contributed by atoms with Gasteiger partial charge in [0.1, 0.15) is 22.2 Å². The zero-order valence-corrected chi connectivity index (χ0v) is 31.0. The van der Waals surface area contributed by atoms with E-state index in [2.05, 4.69) is 0 Å². The van der Waals surface area contributed by atoms with Crippen LogP contribution in [0, 0.1) is 23.3 Å². The molecule has 60 heavy (non-hydrogen) atoms. The summed E-state index contributed by atoms with van der Waals surface area (Å²) in [7, 11) is 0. The minimum absolute atomic E-state index is 0.0170. The van der Waals surface area contributed by atoms with Gasteiger partial charge in [-0.2, -0.15) is 8.78 Å². The molecular formula is C46H26F4N2O8. The van der Waals surface area contributed by atoms with Crippen molar-refractivity contribution in [2.24, 2.45) is 0 Å². The summed E-state index contributed by atoms with van der Waals surface area (Å²) >= 11 is 0. The summed E-state index contributed by atoms with van der Waals surface area (Å²) in [5.74, 6) is -7.65. The molecule has 6 aromatic carbocycles. The molecule has 14 heteroatoms. The highest BCUT2D eigenvalue weighted by molar-refractivity contribution is 5.98. The second kappa shape index (κ2) is 14.4. The van der Waals surface area contributed by atoms with Gasteiger partial charge in [0.2, 0.25) is 22.5 Å². The van der Waals surface area contributed by atoms with Crippen molar-refractivity contribution in [2.75, 3.05) is 6.61 Å². The Morgan fingerprint density at radius 1 is 0.600 bits per heavy atom. The van der Waals surface area contributed by atoms with E-state index in [1.54, 1.807) is 43.3 Å². The van der Waals surface area contributed by atoms with Crippen LogP contribution < -0.4 is 20.3 Å². The second-order valence-corrected chi connectivity index (χ2v) is 13.6. The third-order valence-electron chi connectivity index (χ3n) is 10.1. The topological polar surface area (TPSA) is 126 Å². The Morgan fingerprint density at radius 3 is 1.47 bits per heavy atom. The van der Waals surface area contributed by atoms with Crippen LogP contribution in [0.15, 0.2) is 131 Å². The molecule has 0 atom stereocenters. The number of carbonyl (C=O) groups is 2. The van der Waals surface area contributed by atoms with E-state index in [9.17, 15) is 41.8 Å². The number of fused-ring (bicyclic) bond motifs is 4. The number of hydrogen-bond acceptors (Lipinski definition) is 7. The lowest BCUT2D eigenvalue weighted by molar-refractivity contribution is 0.0523. The van der Waals surface area contributed by atoms with E-state index >= 15 is 0 Å². The van der Waals surface area contributed by atoms with E-state index in [1.807, 2.05) is 60.7 Å². The molecule has 10 nitrogen and oxygen atoms in total. The monoisotopic (exact) mass is 810 g/mol. The number of benzene rings is 6. The molecule has 0 radical (unpaired) electrons. The Bertz CT molecular complexity index is 3260. The fourth-order valence-corrected chi connectivity index (χ4v) is 7.30. The lowest BCUT2D eigenvalue weighted by Crippen LogP contribution is -2.22. The Balaban J connectivity index is 0.000000154. The Labute approximate surface area is 335 Å². The van der Waals surface area contributed by atoms with Gasteiger partial charge in [0.05, 0.1) is 28.8 Å². The zero-order chi connectivity index (χ0) is 42.0. The van der Waals surface area contributed by atoms with E-state index in [1.165, 1.54) is 15.3 Å². The van der Waals surface area contributed by atoms with Crippen LogP contribution in [-0.4, -0.2) is 32.8 Å². The molecule has 0 amide bonds. The van der Waals surface area contributed by atoms with Crippen molar-refractivity contribution in [1.29, 1.82) is 0 Å². The van der Waals surface area contributed by atoms with Crippen LogP contribution in [0.25, 0.3) is 55.4 Å². The van der Waals surface area contributed by atoms with Gasteiger partial charge in [-0.3, -0.25) is 9.59 Å². The maximum Gasteiger partial charge on any atom is 0.343 e. The van der Waals surface area contributed by atoms with Gasteiger partial charge in [0.15, 0.2) is 34.6 Å². The number of aromatic carboxylic acids is 1. The summed E-state index contributed by atoms with van der Waals surface area (Å²) < 4.78 is 76.4. The number of hydrogen-bond donors (Lipinski definition) is 1. The number of nitrogens with zero attached hydrogens (tertiary/aromatic N) is 2. The van der Waals surface area contributed by atoms with Crippen molar-refractivity contribution >= 4 is 33.7 Å². The molecular weight excluding hydrogens is 785 g/mol. The number of carboxylic acid groups (broad SMARTS) is 1. The van der Waals surface area contributed by atoms with Crippen molar-refractivity contribution in [3.05, 3.63) is 176 Å². The number of carboxylic acids is 1. The number of ether oxygens (including phenoxy) is 3. The van der Waals surface area contributed by atoms with E-state index in [0.29, 0.717) is 17.4 Å². The van der Waals surface area contributed by atoms with Crippen molar-refractivity contribution in [3.63, 3.8) is 0 Å². The predicted octanol–water partition coefficient (Wildman–Crippen LogP) is 9.96. The van der Waals surface area contributed by atoms with Gasteiger partial charge in [-0.1, -0.05) is 72.8 Å². The van der Waals surface area contributed by atoms with Crippen molar-refractivity contribution in [3.8, 4) is 56.6 Å². The highest BCUT2D eigenvalue weighted by Crippen LogP contribution is 2.45. The van der Waals surface area contributed by atoms with Gasteiger partial charge < -0.3 is 28.5 Å². The van der Waals surface area contributed by atoms with Crippen molar-refractivity contribution in [2.45, 2.75) is 6.92 Å². The van der Waals surface area contributed by atoms with E-state index in [-0.39, 0.29) is 45.5 Å². The Kier molecular flexibility index (Phi) is 9.04. The van der Waals surface area contributed by atoms with Crippen molar-refractivity contribution < 1.29 is 46.5 Å². The summed E-state index contributed by atoms with van der Waals surface area (Å²) in [4.78, 5) is 49.4. The maximum absolute atomic E-state index is 14.6. The number of pyridine rings is 2. The van der Waals surface area contributed by atoms with Crippen LogP contribution in [0.2, 0.25) is 0 Å². The highest BCUT2D eigenvalue weighted by Gasteiger charge is 2.31. The van der Waals surface area contributed by atoms with Gasteiger partial charge in [-0.15, -0.1) is 0 Å². The summed E-state index contributed by atoms with van der Waals surface area (Å²) in [6, 6.07) is 30.8. The first kappa shape index (κ1) is 37.6. The van der Waals surface area contributed by atoms with Gasteiger partial charge >= 0.3 is 11.9 Å². The average molecular weight is 811 g/mol. The lowest BCUT2D eigenvalue weighted by atomic mass is 10.0. The number of carbonyl (C=O) groups excluding carboxylic acids is 1. The number of halogens is 4. The molecule has 10 rings (SSSR count). The molecule has 0 saturated carbocycles.